The lowest BCUT2D eigenvalue weighted by atomic mass is 10.1. The molecule has 0 radical (unpaired) electrons. The summed E-state index contributed by atoms with van der Waals surface area (Å²) in [5, 5.41) is 0.313. The fraction of sp³-hybridized carbons (Fsp3) is 0.308. The molecule has 0 aliphatic carbocycles. The average molecular weight is 270 g/mol. The van der Waals surface area contributed by atoms with Gasteiger partial charge in [0, 0.05) is 17.1 Å². The first-order valence-corrected chi connectivity index (χ1v) is 5.98. The number of carbonyl (C=O) groups is 1. The first-order valence-electron chi connectivity index (χ1n) is 5.60. The van der Waals surface area contributed by atoms with Crippen LogP contribution in [0.5, 0.6) is 0 Å². The SMILES string of the molecule is C=CC(=O)N1CCOC(c2c(F)cccc2Cl)C1. The Hall–Kier alpha value is -1.39. The summed E-state index contributed by atoms with van der Waals surface area (Å²) in [4.78, 5) is 13.1. The first kappa shape index (κ1) is 13.1. The van der Waals surface area contributed by atoms with Gasteiger partial charge in [-0.25, -0.2) is 4.39 Å². The fourth-order valence-corrected chi connectivity index (χ4v) is 2.26. The Labute approximate surface area is 110 Å². The molecule has 1 saturated heterocycles. The van der Waals surface area contributed by atoms with Crippen LogP contribution in [0.3, 0.4) is 0 Å². The number of morpholine rings is 1. The quantitative estimate of drug-likeness (QED) is 0.773. The molecule has 1 heterocycles. The van der Waals surface area contributed by atoms with E-state index in [0.29, 0.717) is 23.7 Å². The number of carbonyl (C=O) groups excluding carboxylic acids is 1. The fourth-order valence-electron chi connectivity index (χ4n) is 1.97. The van der Waals surface area contributed by atoms with E-state index in [1.165, 1.54) is 18.2 Å². The van der Waals surface area contributed by atoms with E-state index in [1.54, 1.807) is 11.0 Å². The van der Waals surface area contributed by atoms with Gasteiger partial charge in [-0.2, -0.15) is 0 Å². The van der Waals surface area contributed by atoms with Crippen LogP contribution in [0, 0.1) is 5.82 Å². The van der Waals surface area contributed by atoms with Crippen molar-refractivity contribution in [2.75, 3.05) is 19.7 Å². The van der Waals surface area contributed by atoms with Gasteiger partial charge in [0.1, 0.15) is 11.9 Å². The molecule has 1 atom stereocenters. The zero-order valence-electron chi connectivity index (χ0n) is 9.73. The van der Waals surface area contributed by atoms with Crippen LogP contribution in [0.25, 0.3) is 0 Å². The molecule has 0 saturated carbocycles. The highest BCUT2D eigenvalue weighted by atomic mass is 35.5. The van der Waals surface area contributed by atoms with Gasteiger partial charge in [-0.15, -0.1) is 0 Å². The number of halogens is 2. The van der Waals surface area contributed by atoms with Gasteiger partial charge in [-0.3, -0.25) is 4.79 Å². The molecule has 3 nitrogen and oxygen atoms in total. The van der Waals surface area contributed by atoms with Crippen LogP contribution in [0.1, 0.15) is 11.7 Å². The van der Waals surface area contributed by atoms with E-state index >= 15 is 0 Å². The maximum absolute atomic E-state index is 13.8. The maximum atomic E-state index is 13.8. The van der Waals surface area contributed by atoms with Crippen molar-refractivity contribution in [1.82, 2.24) is 4.90 Å². The van der Waals surface area contributed by atoms with E-state index in [0.717, 1.165) is 0 Å². The summed E-state index contributed by atoms with van der Waals surface area (Å²) < 4.78 is 19.3. The Bertz CT molecular complexity index is 458. The van der Waals surface area contributed by atoms with Gasteiger partial charge in [0.05, 0.1) is 13.2 Å². The van der Waals surface area contributed by atoms with Crippen LogP contribution in [0.15, 0.2) is 30.9 Å². The van der Waals surface area contributed by atoms with Crippen molar-refractivity contribution in [2.45, 2.75) is 6.10 Å². The summed E-state index contributed by atoms with van der Waals surface area (Å²) in [6.07, 6.45) is 0.710. The molecule has 1 aromatic carbocycles. The Kier molecular flexibility index (Phi) is 3.99. The van der Waals surface area contributed by atoms with Crippen LogP contribution in [0.2, 0.25) is 5.02 Å². The van der Waals surface area contributed by atoms with Crippen LogP contribution in [0.4, 0.5) is 4.39 Å². The average Bonchev–Trinajstić information content (AvgIpc) is 2.38. The summed E-state index contributed by atoms with van der Waals surface area (Å²) >= 11 is 5.98. The summed E-state index contributed by atoms with van der Waals surface area (Å²) in [6.45, 7) is 4.56. The van der Waals surface area contributed by atoms with Gasteiger partial charge in [0.15, 0.2) is 0 Å². The second kappa shape index (κ2) is 5.50. The van der Waals surface area contributed by atoms with E-state index in [9.17, 15) is 9.18 Å². The summed E-state index contributed by atoms with van der Waals surface area (Å²) in [7, 11) is 0. The molecule has 0 aromatic heterocycles. The Morgan fingerprint density at radius 3 is 3.06 bits per heavy atom. The standard InChI is InChI=1S/C13H13ClFNO2/c1-2-12(17)16-6-7-18-11(8-16)13-9(14)4-3-5-10(13)15/h2-5,11H,1,6-8H2. The third kappa shape index (κ3) is 2.54. The molecule has 1 fully saturated rings. The van der Waals surface area contributed by atoms with Crippen molar-refractivity contribution >= 4 is 17.5 Å². The predicted octanol–water partition coefficient (Wildman–Crippen LogP) is 2.57. The molecule has 5 heteroatoms. The molecule has 0 spiro atoms. The number of nitrogens with zero attached hydrogens (tertiary/aromatic N) is 1. The Balaban J connectivity index is 2.23. The first-order chi connectivity index (χ1) is 8.63. The molecular weight excluding hydrogens is 257 g/mol. The second-order valence-corrected chi connectivity index (χ2v) is 4.39. The van der Waals surface area contributed by atoms with Gasteiger partial charge in [0.25, 0.3) is 0 Å². The highest BCUT2D eigenvalue weighted by Crippen LogP contribution is 2.30. The van der Waals surface area contributed by atoms with Gasteiger partial charge in [0.2, 0.25) is 5.91 Å². The summed E-state index contributed by atoms with van der Waals surface area (Å²) in [6, 6.07) is 4.48. The van der Waals surface area contributed by atoms with Crippen molar-refractivity contribution in [2.24, 2.45) is 0 Å². The molecule has 0 bridgehead atoms. The summed E-state index contributed by atoms with van der Waals surface area (Å²) in [5.74, 6) is -0.601. The van der Waals surface area contributed by atoms with E-state index in [1.807, 2.05) is 0 Å². The largest absolute Gasteiger partial charge is 0.370 e. The van der Waals surface area contributed by atoms with Crippen molar-refractivity contribution in [3.8, 4) is 0 Å². The molecule has 1 amide bonds. The van der Waals surface area contributed by atoms with E-state index in [2.05, 4.69) is 6.58 Å². The van der Waals surface area contributed by atoms with Crippen molar-refractivity contribution in [1.29, 1.82) is 0 Å². The highest BCUT2D eigenvalue weighted by Gasteiger charge is 2.27. The maximum Gasteiger partial charge on any atom is 0.246 e. The monoisotopic (exact) mass is 269 g/mol. The number of hydrogen-bond acceptors (Lipinski definition) is 2. The minimum absolute atomic E-state index is 0.184. The summed E-state index contributed by atoms with van der Waals surface area (Å²) in [5.41, 5.74) is 0.306. The molecule has 1 aliphatic rings. The molecule has 0 N–H and O–H groups in total. The van der Waals surface area contributed by atoms with Crippen LogP contribution in [-0.4, -0.2) is 30.5 Å². The number of ether oxygens (including phenoxy) is 1. The van der Waals surface area contributed by atoms with Gasteiger partial charge >= 0.3 is 0 Å². The lowest BCUT2D eigenvalue weighted by Gasteiger charge is -2.33. The number of amides is 1. The normalized spacial score (nSPS) is 19.7. The molecular formula is C13H13ClFNO2. The van der Waals surface area contributed by atoms with Crippen LogP contribution < -0.4 is 0 Å². The van der Waals surface area contributed by atoms with Crippen molar-refractivity contribution < 1.29 is 13.9 Å². The number of benzene rings is 1. The van der Waals surface area contributed by atoms with Gasteiger partial charge < -0.3 is 9.64 Å². The molecule has 1 unspecified atom stereocenters. The zero-order valence-corrected chi connectivity index (χ0v) is 10.5. The van der Waals surface area contributed by atoms with E-state index < -0.39 is 11.9 Å². The lowest BCUT2D eigenvalue weighted by molar-refractivity contribution is -0.133. The minimum Gasteiger partial charge on any atom is -0.370 e. The lowest BCUT2D eigenvalue weighted by Crippen LogP contribution is -2.41. The van der Waals surface area contributed by atoms with Gasteiger partial charge in [-0.1, -0.05) is 24.2 Å². The molecule has 1 aromatic rings. The highest BCUT2D eigenvalue weighted by molar-refractivity contribution is 6.31. The third-order valence-electron chi connectivity index (χ3n) is 2.87. The number of hydrogen-bond donors (Lipinski definition) is 0. The zero-order chi connectivity index (χ0) is 13.1. The van der Waals surface area contributed by atoms with Crippen LogP contribution in [-0.2, 0) is 9.53 Å². The topological polar surface area (TPSA) is 29.5 Å². The Morgan fingerprint density at radius 2 is 2.39 bits per heavy atom. The van der Waals surface area contributed by atoms with Gasteiger partial charge in [-0.05, 0) is 18.2 Å². The Morgan fingerprint density at radius 1 is 1.61 bits per heavy atom. The van der Waals surface area contributed by atoms with E-state index in [-0.39, 0.29) is 12.5 Å². The molecule has 2 rings (SSSR count). The third-order valence-corrected chi connectivity index (χ3v) is 3.20. The van der Waals surface area contributed by atoms with E-state index in [4.69, 9.17) is 16.3 Å². The smallest absolute Gasteiger partial charge is 0.246 e. The molecule has 18 heavy (non-hydrogen) atoms. The van der Waals surface area contributed by atoms with Crippen molar-refractivity contribution in [3.63, 3.8) is 0 Å². The minimum atomic E-state index is -0.531. The van der Waals surface area contributed by atoms with Crippen molar-refractivity contribution in [3.05, 3.63) is 47.3 Å². The predicted molar refractivity (Wildman–Crippen MR) is 66.9 cm³/mol. The second-order valence-electron chi connectivity index (χ2n) is 3.98. The van der Waals surface area contributed by atoms with Crippen LogP contribution >= 0.6 is 11.6 Å². The molecule has 96 valence electrons. The number of rotatable bonds is 2. The molecule has 1 aliphatic heterocycles.